The zero-order valence-electron chi connectivity index (χ0n) is 12.6. The quantitative estimate of drug-likeness (QED) is 0.901. The number of aromatic amines is 1. The maximum atomic E-state index is 11.9. The molecule has 7 heteroatoms. The molecular formula is C14H20N4O3. The fourth-order valence-corrected chi connectivity index (χ4v) is 1.90. The summed E-state index contributed by atoms with van der Waals surface area (Å²) < 4.78 is 5.24. The molecule has 1 amide bonds. The van der Waals surface area contributed by atoms with Gasteiger partial charge in [-0.1, -0.05) is 0 Å². The summed E-state index contributed by atoms with van der Waals surface area (Å²) in [5.41, 5.74) is 0.662. The molecule has 0 radical (unpaired) electrons. The van der Waals surface area contributed by atoms with Gasteiger partial charge >= 0.3 is 6.09 Å². The Balaban J connectivity index is 2.07. The Morgan fingerprint density at radius 1 is 1.52 bits per heavy atom. The first-order chi connectivity index (χ1) is 9.78. The summed E-state index contributed by atoms with van der Waals surface area (Å²) >= 11 is 0. The Morgan fingerprint density at radius 2 is 2.24 bits per heavy atom. The number of aromatic nitrogens is 3. The Hall–Kier alpha value is -2.15. The number of aliphatic hydroxyl groups is 1. The van der Waals surface area contributed by atoms with Gasteiger partial charge in [-0.15, -0.1) is 0 Å². The number of H-pyrrole nitrogens is 1. The number of hydrogen-bond donors (Lipinski definition) is 2. The van der Waals surface area contributed by atoms with E-state index in [0.717, 1.165) is 10.9 Å². The van der Waals surface area contributed by atoms with E-state index < -0.39 is 17.8 Å². The number of nitrogens with zero attached hydrogens (tertiary/aromatic N) is 3. The van der Waals surface area contributed by atoms with Crippen LogP contribution in [0.2, 0.25) is 0 Å². The first kappa shape index (κ1) is 15.2. The fraction of sp³-hybridized carbons (Fsp3) is 0.500. The number of amides is 1. The van der Waals surface area contributed by atoms with E-state index in [2.05, 4.69) is 15.2 Å². The minimum Gasteiger partial charge on any atom is -0.444 e. The smallest absolute Gasteiger partial charge is 0.410 e. The topological polar surface area (TPSA) is 91.3 Å². The minimum absolute atomic E-state index is 0.0944. The van der Waals surface area contributed by atoms with Gasteiger partial charge in [-0.2, -0.15) is 5.10 Å². The van der Waals surface area contributed by atoms with Crippen molar-refractivity contribution in [1.82, 2.24) is 20.1 Å². The molecule has 0 spiro atoms. The van der Waals surface area contributed by atoms with Gasteiger partial charge in [-0.05, 0) is 26.8 Å². The summed E-state index contributed by atoms with van der Waals surface area (Å²) in [6.45, 7) is 5.48. The second kappa shape index (κ2) is 5.69. The number of nitrogens with one attached hydrogen (secondary N) is 1. The largest absolute Gasteiger partial charge is 0.444 e. The zero-order valence-corrected chi connectivity index (χ0v) is 12.6. The number of carbonyl (C=O) groups is 1. The van der Waals surface area contributed by atoms with Crippen LogP contribution in [0.4, 0.5) is 4.79 Å². The molecule has 0 saturated heterocycles. The maximum absolute atomic E-state index is 11.9. The van der Waals surface area contributed by atoms with Crippen LogP contribution in [0.25, 0.3) is 10.9 Å². The lowest BCUT2D eigenvalue weighted by Crippen LogP contribution is -2.36. The van der Waals surface area contributed by atoms with E-state index in [1.54, 1.807) is 46.3 Å². The van der Waals surface area contributed by atoms with Crippen LogP contribution in [0.5, 0.6) is 0 Å². The number of rotatable bonds is 3. The predicted octanol–water partition coefficient (Wildman–Crippen LogP) is 1.86. The van der Waals surface area contributed by atoms with Crippen LogP contribution in [0.15, 0.2) is 18.5 Å². The lowest BCUT2D eigenvalue weighted by atomic mass is 10.1. The number of aliphatic hydroxyl groups excluding tert-OH is 1. The highest BCUT2D eigenvalue weighted by atomic mass is 16.6. The Morgan fingerprint density at radius 3 is 2.90 bits per heavy atom. The van der Waals surface area contributed by atoms with Crippen LogP contribution < -0.4 is 0 Å². The molecule has 1 unspecified atom stereocenters. The predicted molar refractivity (Wildman–Crippen MR) is 77.7 cm³/mol. The monoisotopic (exact) mass is 292 g/mol. The normalized spacial score (nSPS) is 13.2. The third-order valence-corrected chi connectivity index (χ3v) is 2.86. The second-order valence-electron chi connectivity index (χ2n) is 5.91. The Labute approximate surface area is 122 Å². The SMILES string of the molecule is CN(CC(O)c1n[nH]c2cnccc12)C(=O)OC(C)(C)C. The molecule has 7 nitrogen and oxygen atoms in total. The van der Waals surface area contributed by atoms with Crippen molar-refractivity contribution in [3.8, 4) is 0 Å². The fourth-order valence-electron chi connectivity index (χ4n) is 1.90. The van der Waals surface area contributed by atoms with Gasteiger partial charge in [-0.25, -0.2) is 4.79 Å². The molecule has 2 aromatic heterocycles. The van der Waals surface area contributed by atoms with Crippen LogP contribution in [0.1, 0.15) is 32.6 Å². The standard InChI is InChI=1S/C14H20N4O3/c1-14(2,3)21-13(20)18(4)8-11(19)12-9-5-6-15-7-10(9)16-17-12/h5-7,11,19H,8H2,1-4H3,(H,16,17). The van der Waals surface area contributed by atoms with E-state index in [0.29, 0.717) is 5.69 Å². The molecule has 0 aliphatic rings. The molecule has 0 aromatic carbocycles. The van der Waals surface area contributed by atoms with E-state index in [-0.39, 0.29) is 6.54 Å². The summed E-state index contributed by atoms with van der Waals surface area (Å²) in [4.78, 5) is 17.2. The van der Waals surface area contributed by atoms with Gasteiger partial charge in [0.05, 0.1) is 18.3 Å². The van der Waals surface area contributed by atoms with Crippen molar-refractivity contribution < 1.29 is 14.6 Å². The molecule has 2 heterocycles. The number of ether oxygens (including phenoxy) is 1. The number of hydrogen-bond acceptors (Lipinski definition) is 5. The molecule has 114 valence electrons. The van der Waals surface area contributed by atoms with E-state index in [9.17, 15) is 9.90 Å². The molecule has 0 fully saturated rings. The van der Waals surface area contributed by atoms with Gasteiger partial charge in [0.15, 0.2) is 0 Å². The van der Waals surface area contributed by atoms with E-state index >= 15 is 0 Å². The summed E-state index contributed by atoms with van der Waals surface area (Å²) in [7, 11) is 1.58. The zero-order chi connectivity index (χ0) is 15.6. The van der Waals surface area contributed by atoms with E-state index in [1.807, 2.05) is 0 Å². The van der Waals surface area contributed by atoms with E-state index in [4.69, 9.17) is 4.74 Å². The number of likely N-dealkylation sites (N-methyl/N-ethyl adjacent to an activating group) is 1. The summed E-state index contributed by atoms with van der Waals surface area (Å²) in [5.74, 6) is 0. The molecule has 0 aliphatic carbocycles. The average molecular weight is 292 g/mol. The summed E-state index contributed by atoms with van der Waals surface area (Å²) in [5, 5.41) is 18.0. The van der Waals surface area contributed by atoms with Crippen LogP contribution >= 0.6 is 0 Å². The van der Waals surface area contributed by atoms with Crippen molar-refractivity contribution in [1.29, 1.82) is 0 Å². The molecule has 0 saturated carbocycles. The van der Waals surface area contributed by atoms with Crippen LogP contribution in [0.3, 0.4) is 0 Å². The number of pyridine rings is 1. The van der Waals surface area contributed by atoms with Crippen molar-refractivity contribution in [3.63, 3.8) is 0 Å². The Bertz CT molecular complexity index is 632. The van der Waals surface area contributed by atoms with Gasteiger partial charge < -0.3 is 14.7 Å². The molecule has 21 heavy (non-hydrogen) atoms. The van der Waals surface area contributed by atoms with Gasteiger partial charge in [0, 0.05) is 18.6 Å². The highest BCUT2D eigenvalue weighted by Crippen LogP contribution is 2.21. The van der Waals surface area contributed by atoms with Crippen molar-refractivity contribution in [2.45, 2.75) is 32.5 Å². The van der Waals surface area contributed by atoms with Gasteiger partial charge in [-0.3, -0.25) is 10.1 Å². The molecule has 2 N–H and O–H groups in total. The molecule has 1 atom stereocenters. The molecule has 2 rings (SSSR count). The number of carbonyl (C=O) groups excluding carboxylic acids is 1. The first-order valence-electron chi connectivity index (χ1n) is 6.68. The molecular weight excluding hydrogens is 272 g/mol. The van der Waals surface area contributed by atoms with Crippen LogP contribution in [0, 0.1) is 0 Å². The molecule has 0 bridgehead atoms. The molecule has 2 aromatic rings. The van der Waals surface area contributed by atoms with Crippen LogP contribution in [-0.2, 0) is 4.74 Å². The van der Waals surface area contributed by atoms with Gasteiger partial charge in [0.2, 0.25) is 0 Å². The Kier molecular flexibility index (Phi) is 4.13. The number of fused-ring (bicyclic) bond motifs is 1. The van der Waals surface area contributed by atoms with Crippen LogP contribution in [-0.4, -0.2) is 50.5 Å². The van der Waals surface area contributed by atoms with Crippen molar-refractivity contribution in [3.05, 3.63) is 24.2 Å². The van der Waals surface area contributed by atoms with Crippen molar-refractivity contribution in [2.24, 2.45) is 0 Å². The maximum Gasteiger partial charge on any atom is 0.410 e. The van der Waals surface area contributed by atoms with Crippen molar-refractivity contribution >= 4 is 17.0 Å². The first-order valence-corrected chi connectivity index (χ1v) is 6.68. The molecule has 0 aliphatic heterocycles. The van der Waals surface area contributed by atoms with Crippen molar-refractivity contribution in [2.75, 3.05) is 13.6 Å². The lowest BCUT2D eigenvalue weighted by Gasteiger charge is -2.25. The third kappa shape index (κ3) is 3.69. The van der Waals surface area contributed by atoms with E-state index in [1.165, 1.54) is 4.90 Å². The summed E-state index contributed by atoms with van der Waals surface area (Å²) in [6, 6.07) is 1.77. The third-order valence-electron chi connectivity index (χ3n) is 2.86. The average Bonchev–Trinajstić information content (AvgIpc) is 2.80. The highest BCUT2D eigenvalue weighted by Gasteiger charge is 2.23. The highest BCUT2D eigenvalue weighted by molar-refractivity contribution is 5.80. The lowest BCUT2D eigenvalue weighted by molar-refractivity contribution is 0.0202. The second-order valence-corrected chi connectivity index (χ2v) is 5.91. The summed E-state index contributed by atoms with van der Waals surface area (Å²) in [6.07, 6.45) is 1.88. The van der Waals surface area contributed by atoms with Gasteiger partial charge in [0.25, 0.3) is 0 Å². The van der Waals surface area contributed by atoms with Gasteiger partial charge in [0.1, 0.15) is 17.4 Å². The minimum atomic E-state index is -0.904.